The van der Waals surface area contributed by atoms with Gasteiger partial charge in [-0.1, -0.05) is 5.16 Å². The summed E-state index contributed by atoms with van der Waals surface area (Å²) in [4.78, 5) is 30.5. The number of aromatic nitrogens is 1. The summed E-state index contributed by atoms with van der Waals surface area (Å²) >= 11 is 1.17. The zero-order valence-corrected chi connectivity index (χ0v) is 10.2. The van der Waals surface area contributed by atoms with Gasteiger partial charge in [0.1, 0.15) is 5.69 Å². The maximum absolute atomic E-state index is 11.0. The summed E-state index contributed by atoms with van der Waals surface area (Å²) in [6, 6.07) is 0. The molecule has 0 bridgehead atoms. The van der Waals surface area contributed by atoms with E-state index in [0.717, 1.165) is 0 Å². The minimum atomic E-state index is -1.30. The van der Waals surface area contributed by atoms with Crippen molar-refractivity contribution in [3.05, 3.63) is 11.1 Å². The van der Waals surface area contributed by atoms with Crippen molar-refractivity contribution in [2.45, 2.75) is 19.4 Å². The minimum absolute atomic E-state index is 0.0488. The molecule has 8 heteroatoms. The molecule has 1 amide bonds. The number of nitrogens with zero attached hydrogens (tertiary/aromatic N) is 2. The standard InChI is InChI=1S/C9H12N4O3S/c1-9(2,7(10)15)16-13-5(3-14)6-4-17-8(11)12-6/h3-4H,1-2H3,(H2,10,15)(H2,11,12)/b13-5+. The molecule has 92 valence electrons. The van der Waals surface area contributed by atoms with E-state index >= 15 is 0 Å². The van der Waals surface area contributed by atoms with Crippen LogP contribution in [0.15, 0.2) is 10.5 Å². The van der Waals surface area contributed by atoms with E-state index in [1.165, 1.54) is 25.2 Å². The maximum atomic E-state index is 11.0. The van der Waals surface area contributed by atoms with Crippen molar-refractivity contribution in [2.24, 2.45) is 10.9 Å². The van der Waals surface area contributed by atoms with Gasteiger partial charge in [-0.05, 0) is 13.8 Å². The predicted molar refractivity (Wildman–Crippen MR) is 63.5 cm³/mol. The number of oxime groups is 1. The fourth-order valence-corrected chi connectivity index (χ4v) is 1.30. The Balaban J connectivity index is 2.89. The molecule has 1 rings (SSSR count). The molecule has 0 spiro atoms. The van der Waals surface area contributed by atoms with Crippen LogP contribution in [0.1, 0.15) is 19.5 Å². The first-order chi connectivity index (χ1) is 7.86. The number of rotatable bonds is 5. The first-order valence-electron chi connectivity index (χ1n) is 4.59. The van der Waals surface area contributed by atoms with Gasteiger partial charge in [-0.3, -0.25) is 9.59 Å². The van der Waals surface area contributed by atoms with Crippen LogP contribution in [0, 0.1) is 0 Å². The van der Waals surface area contributed by atoms with E-state index < -0.39 is 11.5 Å². The highest BCUT2D eigenvalue weighted by atomic mass is 32.1. The summed E-state index contributed by atoms with van der Waals surface area (Å²) in [6.45, 7) is 2.88. The Kier molecular flexibility index (Phi) is 3.79. The van der Waals surface area contributed by atoms with Crippen LogP contribution >= 0.6 is 11.3 Å². The highest BCUT2D eigenvalue weighted by molar-refractivity contribution is 7.13. The first-order valence-corrected chi connectivity index (χ1v) is 5.47. The molecule has 7 nitrogen and oxygen atoms in total. The third kappa shape index (κ3) is 3.25. The number of aldehydes is 1. The zero-order valence-electron chi connectivity index (χ0n) is 9.34. The second kappa shape index (κ2) is 4.91. The molecule has 0 aliphatic rings. The molecular weight excluding hydrogens is 244 g/mol. The van der Waals surface area contributed by atoms with Crippen LogP contribution in [0.5, 0.6) is 0 Å². The number of nitrogens with two attached hydrogens (primary N) is 2. The fraction of sp³-hybridized carbons (Fsp3) is 0.333. The molecule has 0 aromatic carbocycles. The number of primary amides is 1. The smallest absolute Gasteiger partial charge is 0.263 e. The van der Waals surface area contributed by atoms with E-state index in [1.54, 1.807) is 5.38 Å². The van der Waals surface area contributed by atoms with Crippen molar-refractivity contribution in [1.82, 2.24) is 4.98 Å². The quantitative estimate of drug-likeness (QED) is 0.433. The van der Waals surface area contributed by atoms with Gasteiger partial charge in [0.05, 0.1) is 0 Å². The van der Waals surface area contributed by atoms with Crippen LogP contribution in [0.25, 0.3) is 0 Å². The Morgan fingerprint density at radius 1 is 1.65 bits per heavy atom. The number of carbonyl (C=O) groups is 2. The van der Waals surface area contributed by atoms with Gasteiger partial charge in [-0.15, -0.1) is 11.3 Å². The summed E-state index contributed by atoms with van der Waals surface area (Å²) in [6.07, 6.45) is 0.464. The molecule has 17 heavy (non-hydrogen) atoms. The molecular formula is C9H12N4O3S. The van der Waals surface area contributed by atoms with Gasteiger partial charge in [0.25, 0.3) is 5.91 Å². The van der Waals surface area contributed by atoms with Crippen molar-refractivity contribution >= 4 is 34.4 Å². The number of anilines is 1. The average molecular weight is 256 g/mol. The lowest BCUT2D eigenvalue weighted by molar-refractivity contribution is -0.139. The molecule has 0 atom stereocenters. The Hall–Kier alpha value is -1.96. The summed E-state index contributed by atoms with van der Waals surface area (Å²) in [5, 5.41) is 5.42. The second-order valence-electron chi connectivity index (χ2n) is 3.63. The van der Waals surface area contributed by atoms with Crippen molar-refractivity contribution in [3.63, 3.8) is 0 Å². The van der Waals surface area contributed by atoms with Gasteiger partial charge >= 0.3 is 0 Å². The van der Waals surface area contributed by atoms with Crippen LogP contribution in [0.4, 0.5) is 5.13 Å². The third-order valence-corrected chi connectivity index (χ3v) is 2.54. The van der Waals surface area contributed by atoms with Crippen LogP contribution in [-0.2, 0) is 14.4 Å². The van der Waals surface area contributed by atoms with Crippen molar-refractivity contribution in [1.29, 1.82) is 0 Å². The van der Waals surface area contributed by atoms with Gasteiger partial charge in [0.15, 0.2) is 17.1 Å². The molecule has 0 fully saturated rings. The van der Waals surface area contributed by atoms with E-state index in [4.69, 9.17) is 16.3 Å². The van der Waals surface area contributed by atoms with Crippen LogP contribution in [-0.4, -0.2) is 28.5 Å². The number of carbonyl (C=O) groups excluding carboxylic acids is 2. The normalized spacial score (nSPS) is 12.2. The maximum Gasteiger partial charge on any atom is 0.263 e. The Morgan fingerprint density at radius 3 is 2.71 bits per heavy atom. The van der Waals surface area contributed by atoms with Gasteiger partial charge in [-0.2, -0.15) is 0 Å². The van der Waals surface area contributed by atoms with Crippen LogP contribution in [0.2, 0.25) is 0 Å². The number of hydrogen-bond donors (Lipinski definition) is 2. The lowest BCUT2D eigenvalue weighted by Crippen LogP contribution is -2.39. The lowest BCUT2D eigenvalue weighted by Gasteiger charge is -2.17. The minimum Gasteiger partial charge on any atom is -0.379 e. The number of nitrogen functional groups attached to an aromatic ring is 1. The lowest BCUT2D eigenvalue weighted by atomic mass is 10.1. The molecule has 1 heterocycles. The van der Waals surface area contributed by atoms with Crippen LogP contribution < -0.4 is 11.5 Å². The first kappa shape index (κ1) is 13.1. The van der Waals surface area contributed by atoms with Gasteiger partial charge in [0.2, 0.25) is 5.60 Å². The molecule has 1 aromatic rings. The SMILES string of the molecule is CC(C)(O/N=C(\C=O)c1csc(N)n1)C(N)=O. The molecule has 0 aliphatic carbocycles. The number of amides is 1. The largest absolute Gasteiger partial charge is 0.379 e. The monoisotopic (exact) mass is 256 g/mol. The van der Waals surface area contributed by atoms with Crippen molar-refractivity contribution < 1.29 is 14.4 Å². The Bertz CT molecular complexity index is 467. The van der Waals surface area contributed by atoms with Crippen LogP contribution in [0.3, 0.4) is 0 Å². The molecule has 0 saturated carbocycles. The number of hydrogen-bond acceptors (Lipinski definition) is 7. The van der Waals surface area contributed by atoms with Gasteiger partial charge < -0.3 is 16.3 Å². The molecule has 0 radical (unpaired) electrons. The molecule has 0 unspecified atom stereocenters. The Labute approximate surface area is 101 Å². The molecule has 0 aliphatic heterocycles. The highest BCUT2D eigenvalue weighted by Crippen LogP contribution is 2.13. The molecule has 1 aromatic heterocycles. The summed E-state index contributed by atoms with van der Waals surface area (Å²) in [7, 11) is 0. The number of thiazole rings is 1. The molecule has 0 saturated heterocycles. The fourth-order valence-electron chi connectivity index (χ4n) is 0.742. The van der Waals surface area contributed by atoms with Gasteiger partial charge in [-0.25, -0.2) is 4.98 Å². The third-order valence-electron chi connectivity index (χ3n) is 1.86. The van der Waals surface area contributed by atoms with Crippen molar-refractivity contribution in [2.75, 3.05) is 5.73 Å². The molecule has 4 N–H and O–H groups in total. The highest BCUT2D eigenvalue weighted by Gasteiger charge is 2.27. The van der Waals surface area contributed by atoms with E-state index in [-0.39, 0.29) is 5.71 Å². The average Bonchev–Trinajstić information content (AvgIpc) is 2.65. The van der Waals surface area contributed by atoms with Gasteiger partial charge in [0, 0.05) is 5.38 Å². The summed E-state index contributed by atoms with van der Waals surface area (Å²) in [5.41, 5.74) is 9.46. The summed E-state index contributed by atoms with van der Waals surface area (Å²) in [5.74, 6) is -0.690. The Morgan fingerprint density at radius 2 is 2.29 bits per heavy atom. The second-order valence-corrected chi connectivity index (χ2v) is 4.52. The van der Waals surface area contributed by atoms with E-state index in [0.29, 0.717) is 17.1 Å². The van der Waals surface area contributed by atoms with E-state index in [2.05, 4.69) is 10.1 Å². The zero-order chi connectivity index (χ0) is 13.1. The topological polar surface area (TPSA) is 121 Å². The predicted octanol–water partition coefficient (Wildman–Crippen LogP) is -0.0912. The van der Waals surface area contributed by atoms with E-state index in [1.807, 2.05) is 0 Å². The van der Waals surface area contributed by atoms with E-state index in [9.17, 15) is 9.59 Å². The summed E-state index contributed by atoms with van der Waals surface area (Å²) < 4.78 is 0. The van der Waals surface area contributed by atoms with Crippen molar-refractivity contribution in [3.8, 4) is 0 Å².